The molecule has 21 heavy (non-hydrogen) atoms. The maximum atomic E-state index is 12.4. The molecule has 0 atom stereocenters. The summed E-state index contributed by atoms with van der Waals surface area (Å²) in [6.07, 6.45) is 0. The molecule has 1 aromatic carbocycles. The van der Waals surface area contributed by atoms with Crippen LogP contribution in [0.2, 0.25) is 5.02 Å². The highest BCUT2D eigenvalue weighted by atomic mass is 35.5. The molecule has 1 heterocycles. The number of carbonyl (C=O) groups is 1. The Hall–Kier alpha value is -1.57. The van der Waals surface area contributed by atoms with Gasteiger partial charge in [-0.15, -0.1) is 11.3 Å². The molecule has 0 saturated heterocycles. The van der Waals surface area contributed by atoms with Crippen LogP contribution in [-0.4, -0.2) is 21.5 Å². The summed E-state index contributed by atoms with van der Waals surface area (Å²) in [4.78, 5) is 11.7. The Kier molecular flexibility index (Phi) is 4.55. The molecule has 0 aliphatic carbocycles. The van der Waals surface area contributed by atoms with Crippen LogP contribution in [0.3, 0.4) is 0 Å². The zero-order valence-electron chi connectivity index (χ0n) is 11.2. The lowest BCUT2D eigenvalue weighted by molar-refractivity contribution is 0.0607. The van der Waals surface area contributed by atoms with E-state index in [-0.39, 0.29) is 20.5 Å². The van der Waals surface area contributed by atoms with Crippen molar-refractivity contribution in [1.82, 2.24) is 0 Å². The molecular formula is C13H12ClNO4S2. The van der Waals surface area contributed by atoms with Gasteiger partial charge >= 0.3 is 5.97 Å². The van der Waals surface area contributed by atoms with Gasteiger partial charge in [0, 0.05) is 0 Å². The Morgan fingerprint density at radius 1 is 1.33 bits per heavy atom. The van der Waals surface area contributed by atoms with Crippen LogP contribution in [0.4, 0.5) is 5.69 Å². The molecule has 2 aromatic rings. The average Bonchev–Trinajstić information content (AvgIpc) is 2.84. The van der Waals surface area contributed by atoms with Gasteiger partial charge in [-0.05, 0) is 36.1 Å². The van der Waals surface area contributed by atoms with Crippen molar-refractivity contribution in [2.24, 2.45) is 0 Å². The van der Waals surface area contributed by atoms with E-state index in [1.54, 1.807) is 17.5 Å². The van der Waals surface area contributed by atoms with E-state index in [4.69, 9.17) is 11.6 Å². The largest absolute Gasteiger partial charge is 0.465 e. The maximum Gasteiger partial charge on any atom is 0.350 e. The van der Waals surface area contributed by atoms with Crippen molar-refractivity contribution in [3.8, 4) is 0 Å². The van der Waals surface area contributed by atoms with E-state index in [2.05, 4.69) is 9.46 Å². The lowest BCUT2D eigenvalue weighted by atomic mass is 10.2. The molecule has 0 fully saturated rings. The van der Waals surface area contributed by atoms with Crippen LogP contribution in [0.5, 0.6) is 0 Å². The van der Waals surface area contributed by atoms with Crippen LogP contribution in [0.15, 0.2) is 34.5 Å². The highest BCUT2D eigenvalue weighted by Crippen LogP contribution is 2.28. The topological polar surface area (TPSA) is 72.5 Å². The summed E-state index contributed by atoms with van der Waals surface area (Å²) in [5.41, 5.74) is 1.02. The molecule has 5 nitrogen and oxygen atoms in total. The SMILES string of the molecule is COC(=O)c1sccc1NS(=O)(=O)c1ccc(C)cc1Cl. The summed E-state index contributed by atoms with van der Waals surface area (Å²) in [5, 5.41) is 1.72. The zero-order valence-corrected chi connectivity index (χ0v) is 13.6. The van der Waals surface area contributed by atoms with E-state index >= 15 is 0 Å². The summed E-state index contributed by atoms with van der Waals surface area (Å²) < 4.78 is 31.7. The number of rotatable bonds is 4. The number of esters is 1. The normalized spacial score (nSPS) is 11.2. The Labute approximate surface area is 131 Å². The molecule has 8 heteroatoms. The number of sulfonamides is 1. The summed E-state index contributed by atoms with van der Waals surface area (Å²) in [7, 11) is -2.64. The van der Waals surface area contributed by atoms with Crippen molar-refractivity contribution in [3.05, 3.63) is 45.1 Å². The predicted octanol–water partition coefficient (Wildman–Crippen LogP) is 3.30. The molecule has 1 N–H and O–H groups in total. The predicted molar refractivity (Wildman–Crippen MR) is 82.7 cm³/mol. The summed E-state index contributed by atoms with van der Waals surface area (Å²) in [6.45, 7) is 1.81. The van der Waals surface area contributed by atoms with E-state index in [0.717, 1.165) is 16.9 Å². The number of hydrogen-bond donors (Lipinski definition) is 1. The van der Waals surface area contributed by atoms with Crippen molar-refractivity contribution in [1.29, 1.82) is 0 Å². The third-order valence-corrected chi connectivity index (χ3v) is 5.40. The molecule has 0 radical (unpaired) electrons. The monoisotopic (exact) mass is 345 g/mol. The minimum atomic E-state index is -3.88. The third kappa shape index (κ3) is 3.37. The Bertz CT molecular complexity index is 783. The molecule has 112 valence electrons. The Morgan fingerprint density at radius 3 is 2.67 bits per heavy atom. The highest BCUT2D eigenvalue weighted by Gasteiger charge is 2.22. The number of aryl methyl sites for hydroxylation is 1. The number of carbonyl (C=O) groups excluding carboxylic acids is 1. The molecule has 0 bridgehead atoms. The van der Waals surface area contributed by atoms with Crippen LogP contribution < -0.4 is 4.72 Å². The number of ether oxygens (including phenoxy) is 1. The van der Waals surface area contributed by atoms with Crippen molar-refractivity contribution < 1.29 is 17.9 Å². The highest BCUT2D eigenvalue weighted by molar-refractivity contribution is 7.92. The Morgan fingerprint density at radius 2 is 2.05 bits per heavy atom. The van der Waals surface area contributed by atoms with Gasteiger partial charge in [-0.1, -0.05) is 17.7 Å². The van der Waals surface area contributed by atoms with Crippen molar-refractivity contribution >= 4 is 44.6 Å². The fourth-order valence-corrected chi connectivity index (χ4v) is 4.17. The summed E-state index contributed by atoms with van der Waals surface area (Å²) >= 11 is 7.07. The number of methoxy groups -OCH3 is 1. The van der Waals surface area contributed by atoms with Gasteiger partial charge in [0.05, 0.1) is 17.8 Å². The second-order valence-corrected chi connectivity index (χ2v) is 7.17. The standard InChI is InChI=1S/C13H12ClNO4S2/c1-8-3-4-11(9(14)7-8)21(17,18)15-10-5-6-20-12(10)13(16)19-2/h3-7,15H,1-2H3. The van der Waals surface area contributed by atoms with Crippen LogP contribution >= 0.6 is 22.9 Å². The van der Waals surface area contributed by atoms with Gasteiger partial charge in [0.25, 0.3) is 10.0 Å². The lowest BCUT2D eigenvalue weighted by Gasteiger charge is -2.10. The van der Waals surface area contributed by atoms with E-state index in [1.807, 2.05) is 6.92 Å². The first-order valence-electron chi connectivity index (χ1n) is 5.80. The van der Waals surface area contributed by atoms with Crippen LogP contribution in [-0.2, 0) is 14.8 Å². The van der Waals surface area contributed by atoms with Crippen molar-refractivity contribution in [2.45, 2.75) is 11.8 Å². The number of anilines is 1. The molecule has 0 amide bonds. The first kappa shape index (κ1) is 15.8. The zero-order chi connectivity index (χ0) is 15.6. The van der Waals surface area contributed by atoms with Crippen LogP contribution in [0, 0.1) is 6.92 Å². The Balaban J connectivity index is 2.38. The minimum Gasteiger partial charge on any atom is -0.465 e. The van der Waals surface area contributed by atoms with E-state index < -0.39 is 16.0 Å². The maximum absolute atomic E-state index is 12.4. The number of nitrogens with one attached hydrogen (secondary N) is 1. The smallest absolute Gasteiger partial charge is 0.350 e. The first-order valence-corrected chi connectivity index (χ1v) is 8.54. The number of hydrogen-bond acceptors (Lipinski definition) is 5. The van der Waals surface area contributed by atoms with Crippen LogP contribution in [0.1, 0.15) is 15.2 Å². The number of benzene rings is 1. The van der Waals surface area contributed by atoms with Gasteiger partial charge in [0.1, 0.15) is 9.77 Å². The van der Waals surface area contributed by atoms with Crippen molar-refractivity contribution in [3.63, 3.8) is 0 Å². The van der Waals surface area contributed by atoms with Crippen molar-refractivity contribution in [2.75, 3.05) is 11.8 Å². The van der Waals surface area contributed by atoms with E-state index in [1.165, 1.54) is 19.2 Å². The molecular weight excluding hydrogens is 334 g/mol. The quantitative estimate of drug-likeness (QED) is 0.863. The molecule has 0 aliphatic heterocycles. The minimum absolute atomic E-state index is 0.0446. The van der Waals surface area contributed by atoms with Gasteiger partial charge in [-0.2, -0.15) is 0 Å². The molecule has 1 aromatic heterocycles. The van der Waals surface area contributed by atoms with Gasteiger partial charge in [0.2, 0.25) is 0 Å². The van der Waals surface area contributed by atoms with Gasteiger partial charge < -0.3 is 4.74 Å². The molecule has 0 unspecified atom stereocenters. The second-order valence-electron chi connectivity index (χ2n) is 4.19. The average molecular weight is 346 g/mol. The number of halogens is 1. The summed E-state index contributed by atoms with van der Waals surface area (Å²) in [5.74, 6) is -0.599. The lowest BCUT2D eigenvalue weighted by Crippen LogP contribution is -2.15. The van der Waals surface area contributed by atoms with Gasteiger partial charge in [-0.25, -0.2) is 13.2 Å². The number of thiophene rings is 1. The third-order valence-electron chi connectivity index (χ3n) is 2.66. The van der Waals surface area contributed by atoms with Gasteiger partial charge in [0.15, 0.2) is 0 Å². The molecule has 0 aliphatic rings. The van der Waals surface area contributed by atoms with Gasteiger partial charge in [-0.3, -0.25) is 4.72 Å². The molecule has 0 spiro atoms. The fraction of sp³-hybridized carbons (Fsp3) is 0.154. The first-order chi connectivity index (χ1) is 9.85. The summed E-state index contributed by atoms with van der Waals surface area (Å²) in [6, 6.07) is 6.13. The second kappa shape index (κ2) is 6.05. The van der Waals surface area contributed by atoms with E-state index in [0.29, 0.717) is 0 Å². The van der Waals surface area contributed by atoms with Crippen LogP contribution in [0.25, 0.3) is 0 Å². The molecule has 0 saturated carbocycles. The van der Waals surface area contributed by atoms with E-state index in [9.17, 15) is 13.2 Å². The molecule has 2 rings (SSSR count). The fourth-order valence-electron chi connectivity index (χ4n) is 1.66.